The molecule has 0 fully saturated rings. The molecule has 0 aromatic heterocycles. The number of halogens is 2. The SMILES string of the molecule is O=C[NH][Zr]([Cl])([Cl])([c]1cccc2c1Cc1ccccc1-2)[SiH](c1ccccc1)c1ccccc1. The van der Waals surface area contributed by atoms with Crippen LogP contribution in [0.25, 0.3) is 11.1 Å². The first-order chi connectivity index (χ1) is 15.5. The summed E-state index contributed by atoms with van der Waals surface area (Å²) < 4.78 is 4.09. The Hall–Kier alpha value is -1.97. The standard InChI is InChI=1S/C13H9.C12H11Si.CH3NO.2ClH.Zr/c1-3-7-12-10(5-1)9-11-6-2-4-8-13(11)12;1-3-7-11(8-4-1)13-12-9-5-2-6-10-12;2-1-3;;;/h1-5,7-8H,9H2;1-10,13H;1H,(H2,2,3);2*1H;/q;;;;;+3/p-3. The van der Waals surface area contributed by atoms with E-state index in [1.165, 1.54) is 16.7 Å². The molecule has 0 aliphatic heterocycles. The second-order valence-electron chi connectivity index (χ2n) is 8.26. The van der Waals surface area contributed by atoms with E-state index in [0.717, 1.165) is 32.0 Å². The predicted octanol–water partition coefficient (Wildman–Crippen LogP) is 4.08. The average molecular weight is 555 g/mol. The molecule has 0 atom stereocenters. The van der Waals surface area contributed by atoms with Crippen molar-refractivity contribution in [1.82, 2.24) is 3.26 Å². The van der Waals surface area contributed by atoms with Crippen molar-refractivity contribution in [3.63, 3.8) is 0 Å². The van der Waals surface area contributed by atoms with Crippen LogP contribution in [0.5, 0.6) is 0 Å². The molecule has 1 aliphatic rings. The van der Waals surface area contributed by atoms with Gasteiger partial charge in [-0.05, 0) is 0 Å². The number of carbonyl (C=O) groups excluding carboxylic acids is 1. The van der Waals surface area contributed by atoms with Gasteiger partial charge >= 0.3 is 199 Å². The van der Waals surface area contributed by atoms with Crippen LogP contribution in [0.4, 0.5) is 0 Å². The van der Waals surface area contributed by atoms with Crippen molar-refractivity contribution in [3.05, 3.63) is 114 Å². The number of hydrogen-bond donors (Lipinski definition) is 1. The Kier molecular flexibility index (Phi) is 5.75. The van der Waals surface area contributed by atoms with Crippen LogP contribution in [-0.2, 0) is 27.1 Å². The van der Waals surface area contributed by atoms with Crippen molar-refractivity contribution in [1.29, 1.82) is 0 Å². The van der Waals surface area contributed by atoms with E-state index in [9.17, 15) is 4.79 Å². The number of carbonyl (C=O) groups is 1. The molecule has 1 N–H and O–H groups in total. The van der Waals surface area contributed by atoms with Gasteiger partial charge < -0.3 is 0 Å². The van der Waals surface area contributed by atoms with Crippen LogP contribution in [0.2, 0.25) is 0 Å². The van der Waals surface area contributed by atoms with Gasteiger partial charge in [0.05, 0.1) is 0 Å². The fourth-order valence-corrected chi connectivity index (χ4v) is 40.7. The van der Waals surface area contributed by atoms with Gasteiger partial charge in [-0.3, -0.25) is 0 Å². The zero-order valence-corrected chi connectivity index (χ0v) is 22.5. The summed E-state index contributed by atoms with van der Waals surface area (Å²) in [5.41, 5.74) is 4.81. The maximum atomic E-state index is 12.1. The summed E-state index contributed by atoms with van der Waals surface area (Å²) in [6, 6.07) is 35.1. The number of amides is 1. The van der Waals surface area contributed by atoms with Crippen LogP contribution in [0, 0.1) is 0 Å². The van der Waals surface area contributed by atoms with Crippen LogP contribution in [0.1, 0.15) is 11.1 Å². The molecule has 1 amide bonds. The summed E-state index contributed by atoms with van der Waals surface area (Å²) in [6.07, 6.45) is 1.49. The number of rotatable bonds is 6. The number of benzene rings is 4. The summed E-state index contributed by atoms with van der Waals surface area (Å²) in [4.78, 5) is 12.1. The van der Waals surface area contributed by atoms with Gasteiger partial charge in [-0.2, -0.15) is 0 Å². The Morgan fingerprint density at radius 2 is 1.28 bits per heavy atom. The molecule has 0 spiro atoms. The molecule has 0 unspecified atom stereocenters. The molecule has 0 heterocycles. The van der Waals surface area contributed by atoms with Crippen LogP contribution >= 0.6 is 17.0 Å². The van der Waals surface area contributed by atoms with E-state index < -0.39 is 21.8 Å². The Morgan fingerprint density at radius 1 is 0.719 bits per heavy atom. The normalized spacial score (nSPS) is 13.7. The molecule has 32 heavy (non-hydrogen) atoms. The van der Waals surface area contributed by atoms with Crippen LogP contribution in [-0.4, -0.2) is 12.3 Å². The topological polar surface area (TPSA) is 29.1 Å². The molecule has 4 aromatic rings. The minimum atomic E-state index is -5.16. The first kappa shape index (κ1) is 21.9. The monoisotopic (exact) mass is 552 g/mol. The average Bonchev–Trinajstić information content (AvgIpc) is 3.19. The molecular weight excluding hydrogens is 533 g/mol. The van der Waals surface area contributed by atoms with E-state index in [1.54, 1.807) is 0 Å². The number of fused-ring (bicyclic) bond motifs is 3. The van der Waals surface area contributed by atoms with E-state index in [0.29, 0.717) is 0 Å². The fraction of sp³-hybridized carbons (Fsp3) is 0.0385. The third-order valence-corrected chi connectivity index (χ3v) is 41.4. The minimum absolute atomic E-state index is 0.721. The van der Waals surface area contributed by atoms with E-state index >= 15 is 0 Å². The third kappa shape index (κ3) is 3.54. The fourth-order valence-electron chi connectivity index (χ4n) is 5.08. The zero-order chi connectivity index (χ0) is 22.2. The van der Waals surface area contributed by atoms with Crippen molar-refractivity contribution >= 4 is 43.0 Å². The maximum absolute atomic E-state index is 12.1. The van der Waals surface area contributed by atoms with Crippen molar-refractivity contribution in [2.24, 2.45) is 0 Å². The van der Waals surface area contributed by atoms with E-state index in [-0.39, 0.29) is 0 Å². The van der Waals surface area contributed by atoms with E-state index in [2.05, 4.69) is 63.9 Å². The summed E-state index contributed by atoms with van der Waals surface area (Å²) in [7, 11) is 15.6. The number of hydrogen-bond acceptors (Lipinski definition) is 1. The molecule has 0 saturated carbocycles. The van der Waals surface area contributed by atoms with E-state index in [4.69, 9.17) is 17.0 Å². The summed E-state index contributed by atoms with van der Waals surface area (Å²) in [5, 5.41) is 2.27. The predicted molar refractivity (Wildman–Crippen MR) is 135 cm³/mol. The van der Waals surface area contributed by atoms with Gasteiger partial charge in [0, 0.05) is 0 Å². The summed E-state index contributed by atoms with van der Waals surface area (Å²) in [5.74, 6) is -2.27. The molecular formula is C26H22Cl2NOSiZr. The zero-order valence-electron chi connectivity index (χ0n) is 17.3. The molecule has 1 aliphatic carbocycles. The molecule has 4 aromatic carbocycles. The van der Waals surface area contributed by atoms with Crippen molar-refractivity contribution in [2.45, 2.75) is 6.42 Å². The van der Waals surface area contributed by atoms with Crippen LogP contribution in [0.3, 0.4) is 0 Å². The van der Waals surface area contributed by atoms with Crippen molar-refractivity contribution in [2.75, 3.05) is 0 Å². The molecule has 0 saturated heterocycles. The molecule has 6 heteroatoms. The Balaban J connectivity index is 1.80. The third-order valence-electron chi connectivity index (χ3n) is 6.44. The van der Waals surface area contributed by atoms with Gasteiger partial charge in [0.25, 0.3) is 0 Å². The Morgan fingerprint density at radius 3 is 1.91 bits per heavy atom. The van der Waals surface area contributed by atoms with Crippen LogP contribution in [0.15, 0.2) is 103 Å². The van der Waals surface area contributed by atoms with Crippen molar-refractivity contribution < 1.29 is 20.6 Å². The second kappa shape index (κ2) is 8.43. The molecule has 5 rings (SSSR count). The van der Waals surface area contributed by atoms with Gasteiger partial charge in [0.2, 0.25) is 0 Å². The van der Waals surface area contributed by atoms with Gasteiger partial charge in [-0.1, -0.05) is 0 Å². The summed E-state index contributed by atoms with van der Waals surface area (Å²) in [6.45, 7) is 0. The second-order valence-corrected chi connectivity index (χ2v) is 43.7. The van der Waals surface area contributed by atoms with E-state index in [1.807, 2.05) is 42.5 Å². The van der Waals surface area contributed by atoms with Crippen molar-refractivity contribution in [3.8, 4) is 11.1 Å². The molecule has 0 radical (unpaired) electrons. The first-order valence-electron chi connectivity index (χ1n) is 10.6. The summed E-state index contributed by atoms with van der Waals surface area (Å²) >= 11 is -5.16. The number of nitrogens with one attached hydrogen (secondary N) is 1. The van der Waals surface area contributed by atoms with Crippen LogP contribution < -0.4 is 16.9 Å². The van der Waals surface area contributed by atoms with Gasteiger partial charge in [-0.15, -0.1) is 0 Å². The Bertz CT molecular complexity index is 1260. The molecule has 0 bridgehead atoms. The molecule has 2 nitrogen and oxygen atoms in total. The van der Waals surface area contributed by atoms with Gasteiger partial charge in [-0.25, -0.2) is 0 Å². The Labute approximate surface area is 197 Å². The first-order valence-corrected chi connectivity index (χ1v) is 25.4. The molecule has 159 valence electrons. The van der Waals surface area contributed by atoms with Gasteiger partial charge in [0.1, 0.15) is 0 Å². The quantitative estimate of drug-likeness (QED) is 0.249. The van der Waals surface area contributed by atoms with Gasteiger partial charge in [0.15, 0.2) is 0 Å².